The molecule has 9 nitrogen and oxygen atoms in total. The van der Waals surface area contributed by atoms with E-state index in [2.05, 4.69) is 37.2 Å². The van der Waals surface area contributed by atoms with Crippen LogP contribution in [-0.4, -0.2) is 51.5 Å². The summed E-state index contributed by atoms with van der Waals surface area (Å²) >= 11 is 0. The molecule has 4 unspecified atom stereocenters. The van der Waals surface area contributed by atoms with Crippen LogP contribution < -0.4 is 26.8 Å². The predicted octanol–water partition coefficient (Wildman–Crippen LogP) is 0.00590. The largest absolute Gasteiger partial charge is 0.355 e. The van der Waals surface area contributed by atoms with Crippen molar-refractivity contribution >= 4 is 5.82 Å². The fourth-order valence-corrected chi connectivity index (χ4v) is 4.71. The molecule has 9 heteroatoms. The van der Waals surface area contributed by atoms with Crippen molar-refractivity contribution in [2.45, 2.75) is 43.4 Å². The minimum atomic E-state index is 0.202. The van der Waals surface area contributed by atoms with E-state index in [4.69, 9.17) is 10.7 Å². The Labute approximate surface area is 165 Å². The van der Waals surface area contributed by atoms with Gasteiger partial charge in [0.25, 0.3) is 0 Å². The van der Waals surface area contributed by atoms with Crippen molar-refractivity contribution < 1.29 is 0 Å². The Hall–Kier alpha value is -2.07. The van der Waals surface area contributed by atoms with Crippen LogP contribution in [0, 0.1) is 5.92 Å². The average molecular weight is 384 g/mol. The minimum Gasteiger partial charge on any atom is -0.355 e. The van der Waals surface area contributed by atoms with Crippen molar-refractivity contribution in [3.63, 3.8) is 0 Å². The van der Waals surface area contributed by atoms with Crippen LogP contribution in [0.25, 0.3) is 0 Å². The number of rotatable bonds is 3. The maximum absolute atomic E-state index is 6.04. The molecule has 5 rings (SSSR count). The highest BCUT2D eigenvalue weighted by Crippen LogP contribution is 2.37. The Morgan fingerprint density at radius 1 is 1.14 bits per heavy atom. The van der Waals surface area contributed by atoms with Gasteiger partial charge in [-0.1, -0.05) is 0 Å². The lowest BCUT2D eigenvalue weighted by molar-refractivity contribution is 0.261. The maximum Gasteiger partial charge on any atom is 0.147 e. The first kappa shape index (κ1) is 18.0. The molecule has 5 N–H and O–H groups in total. The highest BCUT2D eigenvalue weighted by molar-refractivity contribution is 5.37. The monoisotopic (exact) mass is 383 g/mol. The van der Waals surface area contributed by atoms with Gasteiger partial charge in [-0.2, -0.15) is 5.10 Å². The summed E-state index contributed by atoms with van der Waals surface area (Å²) in [6.07, 6.45) is 8.81. The molecule has 0 radical (unpaired) electrons. The van der Waals surface area contributed by atoms with Crippen LogP contribution in [0.1, 0.15) is 42.7 Å². The van der Waals surface area contributed by atoms with Crippen molar-refractivity contribution in [3.05, 3.63) is 36.0 Å². The number of nitrogens with zero attached hydrogens (tertiary/aromatic N) is 5. The van der Waals surface area contributed by atoms with Crippen molar-refractivity contribution in [1.82, 2.24) is 35.9 Å². The number of hydrazine groups is 1. The Morgan fingerprint density at radius 3 is 2.79 bits per heavy atom. The summed E-state index contributed by atoms with van der Waals surface area (Å²) in [5.74, 6) is 1.43. The molecule has 150 valence electrons. The summed E-state index contributed by atoms with van der Waals surface area (Å²) in [5.41, 5.74) is 15.0. The van der Waals surface area contributed by atoms with Gasteiger partial charge in [0, 0.05) is 50.9 Å². The van der Waals surface area contributed by atoms with E-state index in [-0.39, 0.29) is 12.1 Å². The van der Waals surface area contributed by atoms with Crippen molar-refractivity contribution in [2.75, 3.05) is 24.5 Å². The molecule has 28 heavy (non-hydrogen) atoms. The van der Waals surface area contributed by atoms with E-state index in [0.29, 0.717) is 18.0 Å². The summed E-state index contributed by atoms with van der Waals surface area (Å²) in [6.45, 7) is 2.81. The van der Waals surface area contributed by atoms with Gasteiger partial charge < -0.3 is 16.0 Å². The van der Waals surface area contributed by atoms with Gasteiger partial charge in [0.05, 0.1) is 35.9 Å². The molecule has 3 saturated heterocycles. The van der Waals surface area contributed by atoms with Crippen LogP contribution in [-0.2, 0) is 7.05 Å². The van der Waals surface area contributed by atoms with E-state index in [1.165, 1.54) is 0 Å². The fraction of sp³-hybridized carbons (Fsp3) is 0.632. The highest BCUT2D eigenvalue weighted by Gasteiger charge is 2.42. The molecule has 2 aromatic heterocycles. The summed E-state index contributed by atoms with van der Waals surface area (Å²) in [6, 6.07) is 3.22. The molecular weight excluding hydrogens is 354 g/mol. The quantitative estimate of drug-likeness (QED) is 0.587. The number of anilines is 1. The van der Waals surface area contributed by atoms with E-state index in [9.17, 15) is 0 Å². The summed E-state index contributed by atoms with van der Waals surface area (Å²) in [7, 11) is 1.96. The third-order valence-electron chi connectivity index (χ3n) is 6.38. The van der Waals surface area contributed by atoms with E-state index in [0.717, 1.165) is 56.1 Å². The van der Waals surface area contributed by atoms with Gasteiger partial charge in [-0.25, -0.2) is 10.4 Å². The lowest BCUT2D eigenvalue weighted by Gasteiger charge is -2.34. The summed E-state index contributed by atoms with van der Waals surface area (Å²) in [4.78, 5) is 11.8. The standard InChI is InChI=1S/C19H29N9/c1-27-5-4-14(26-27)19-13-8-15(22-10-16(13)24-25-19)17-9-21-11-18(23-17)28-6-2-12(20)3-7-28/h4-5,9,11-13,15-16,19,22,24-25H,2-3,6-8,10,20H2,1H3. The number of hydrogen-bond donors (Lipinski definition) is 4. The second-order valence-electron chi connectivity index (χ2n) is 8.27. The zero-order valence-electron chi connectivity index (χ0n) is 16.3. The molecule has 3 aliphatic heterocycles. The van der Waals surface area contributed by atoms with Crippen LogP contribution in [0.5, 0.6) is 0 Å². The second kappa shape index (κ2) is 7.40. The normalized spacial score (nSPS) is 31.1. The minimum absolute atomic E-state index is 0.202. The van der Waals surface area contributed by atoms with Crippen molar-refractivity contribution in [1.29, 1.82) is 0 Å². The molecule has 0 aliphatic carbocycles. The zero-order valence-corrected chi connectivity index (χ0v) is 16.3. The van der Waals surface area contributed by atoms with Gasteiger partial charge in [0.1, 0.15) is 5.82 Å². The number of nitrogens with two attached hydrogens (primary N) is 1. The number of aromatic nitrogens is 4. The Bertz CT molecular complexity index is 813. The molecule has 2 aromatic rings. The molecule has 4 atom stereocenters. The van der Waals surface area contributed by atoms with Crippen LogP contribution in [0.3, 0.4) is 0 Å². The highest BCUT2D eigenvalue weighted by atomic mass is 15.4. The molecule has 5 heterocycles. The lowest BCUT2D eigenvalue weighted by Crippen LogP contribution is -2.46. The number of hydrogen-bond acceptors (Lipinski definition) is 8. The van der Waals surface area contributed by atoms with Crippen LogP contribution in [0.4, 0.5) is 5.82 Å². The van der Waals surface area contributed by atoms with Gasteiger partial charge in [-0.15, -0.1) is 0 Å². The topological polar surface area (TPSA) is 109 Å². The lowest BCUT2D eigenvalue weighted by atomic mass is 9.82. The number of piperidine rings is 2. The number of aryl methyl sites for hydroxylation is 1. The molecule has 0 spiro atoms. The number of nitrogens with one attached hydrogen (secondary N) is 3. The van der Waals surface area contributed by atoms with E-state index < -0.39 is 0 Å². The molecule has 0 saturated carbocycles. The summed E-state index contributed by atoms with van der Waals surface area (Å²) < 4.78 is 1.86. The molecule has 3 fully saturated rings. The van der Waals surface area contributed by atoms with E-state index in [1.54, 1.807) is 0 Å². The Morgan fingerprint density at radius 2 is 2.00 bits per heavy atom. The first-order valence-electron chi connectivity index (χ1n) is 10.2. The zero-order chi connectivity index (χ0) is 19.1. The van der Waals surface area contributed by atoms with Crippen LogP contribution in [0.2, 0.25) is 0 Å². The first-order valence-corrected chi connectivity index (χ1v) is 10.2. The third kappa shape index (κ3) is 3.39. The number of fused-ring (bicyclic) bond motifs is 1. The smallest absolute Gasteiger partial charge is 0.147 e. The van der Waals surface area contributed by atoms with Crippen molar-refractivity contribution in [2.24, 2.45) is 18.7 Å². The Balaban J connectivity index is 1.32. The van der Waals surface area contributed by atoms with Gasteiger partial charge in [0.2, 0.25) is 0 Å². The second-order valence-corrected chi connectivity index (χ2v) is 8.27. The predicted molar refractivity (Wildman–Crippen MR) is 106 cm³/mol. The molecule has 3 aliphatic rings. The van der Waals surface area contributed by atoms with E-state index >= 15 is 0 Å². The van der Waals surface area contributed by atoms with Crippen LogP contribution >= 0.6 is 0 Å². The maximum atomic E-state index is 6.04. The molecule has 0 aromatic carbocycles. The van der Waals surface area contributed by atoms with Gasteiger partial charge in [-0.05, 0) is 25.3 Å². The van der Waals surface area contributed by atoms with Crippen LogP contribution in [0.15, 0.2) is 24.7 Å². The molecular formula is C19H29N9. The van der Waals surface area contributed by atoms with Gasteiger partial charge in [-0.3, -0.25) is 15.1 Å². The van der Waals surface area contributed by atoms with Crippen molar-refractivity contribution in [3.8, 4) is 0 Å². The third-order valence-corrected chi connectivity index (χ3v) is 6.38. The van der Waals surface area contributed by atoms with E-state index in [1.807, 2.05) is 30.3 Å². The fourth-order valence-electron chi connectivity index (χ4n) is 4.71. The molecule has 0 amide bonds. The first-order chi connectivity index (χ1) is 13.7. The Kier molecular flexibility index (Phi) is 4.75. The molecule has 0 bridgehead atoms. The van der Waals surface area contributed by atoms with Gasteiger partial charge >= 0.3 is 0 Å². The SMILES string of the molecule is Cn1ccc(C2NNC3CNC(c4cncc(N5CCC(N)CC5)n4)CC32)n1. The van der Waals surface area contributed by atoms with Gasteiger partial charge in [0.15, 0.2) is 0 Å². The summed E-state index contributed by atoms with van der Waals surface area (Å²) in [5, 5.41) is 8.26. The average Bonchev–Trinajstić information content (AvgIpc) is 3.34.